The summed E-state index contributed by atoms with van der Waals surface area (Å²) in [6.45, 7) is 0.460. The second-order valence-corrected chi connectivity index (χ2v) is 2.70. The maximum Gasteiger partial charge on any atom is 0.169 e. The van der Waals surface area contributed by atoms with E-state index in [9.17, 15) is 9.59 Å². The van der Waals surface area contributed by atoms with Gasteiger partial charge in [0.25, 0.3) is 0 Å². The van der Waals surface area contributed by atoms with Crippen molar-refractivity contribution < 1.29 is 9.59 Å². The summed E-state index contributed by atoms with van der Waals surface area (Å²) in [6.07, 6.45) is 0.557. The molecule has 0 aliphatic rings. The fourth-order valence-corrected chi connectivity index (χ4v) is 1.02. The van der Waals surface area contributed by atoms with Gasteiger partial charge in [0.2, 0.25) is 0 Å². The van der Waals surface area contributed by atoms with Gasteiger partial charge in [-0.25, -0.2) is 0 Å². The van der Waals surface area contributed by atoms with E-state index in [-0.39, 0.29) is 12.2 Å². The summed E-state index contributed by atoms with van der Waals surface area (Å²) in [4.78, 5) is 21.3. The first kappa shape index (κ1) is 9.61. The molecule has 0 bridgehead atoms. The molecule has 0 saturated carbocycles. The Morgan fingerprint density at radius 3 is 2.38 bits per heavy atom. The van der Waals surface area contributed by atoms with Gasteiger partial charge >= 0.3 is 0 Å². The van der Waals surface area contributed by atoms with Crippen LogP contribution in [-0.2, 0) is 11.3 Å². The minimum Gasteiger partial charge on any atom is -0.326 e. The van der Waals surface area contributed by atoms with E-state index in [4.69, 9.17) is 5.73 Å². The van der Waals surface area contributed by atoms with Crippen LogP contribution >= 0.6 is 0 Å². The number of Topliss-reactive ketones (excluding diaryl/α,β-unsaturated/α-hetero) is 1. The largest absolute Gasteiger partial charge is 0.326 e. The van der Waals surface area contributed by atoms with Crippen molar-refractivity contribution in [1.82, 2.24) is 0 Å². The first-order chi connectivity index (χ1) is 6.27. The van der Waals surface area contributed by atoms with Crippen molar-refractivity contribution in [3.63, 3.8) is 0 Å². The van der Waals surface area contributed by atoms with E-state index >= 15 is 0 Å². The van der Waals surface area contributed by atoms with Crippen molar-refractivity contribution in [3.05, 3.63) is 35.4 Å². The molecule has 0 unspecified atom stereocenters. The lowest BCUT2D eigenvalue weighted by atomic mass is 10.1. The number of hydrogen-bond acceptors (Lipinski definition) is 3. The van der Waals surface area contributed by atoms with Gasteiger partial charge in [0.15, 0.2) is 5.78 Å². The lowest BCUT2D eigenvalue weighted by Crippen LogP contribution is -2.01. The van der Waals surface area contributed by atoms with Crippen molar-refractivity contribution in [1.29, 1.82) is 0 Å². The molecule has 13 heavy (non-hydrogen) atoms. The predicted octanol–water partition coefficient (Wildman–Crippen LogP) is 0.917. The molecule has 3 heteroatoms. The number of rotatable bonds is 4. The third-order valence-corrected chi connectivity index (χ3v) is 1.78. The van der Waals surface area contributed by atoms with Gasteiger partial charge < -0.3 is 10.5 Å². The van der Waals surface area contributed by atoms with Crippen LogP contribution in [-0.4, -0.2) is 12.1 Å². The van der Waals surface area contributed by atoms with Gasteiger partial charge in [0, 0.05) is 12.1 Å². The summed E-state index contributed by atoms with van der Waals surface area (Å²) < 4.78 is 0. The van der Waals surface area contributed by atoms with E-state index in [1.54, 1.807) is 24.3 Å². The smallest absolute Gasteiger partial charge is 0.169 e. The van der Waals surface area contributed by atoms with E-state index < -0.39 is 0 Å². The summed E-state index contributed by atoms with van der Waals surface area (Å²) in [6, 6.07) is 6.96. The molecule has 0 aliphatic heterocycles. The van der Waals surface area contributed by atoms with E-state index in [1.165, 1.54) is 0 Å². The number of carbonyl (C=O) groups excluding carboxylic acids is 2. The second-order valence-electron chi connectivity index (χ2n) is 2.70. The van der Waals surface area contributed by atoms with Gasteiger partial charge in [0.05, 0.1) is 6.42 Å². The van der Waals surface area contributed by atoms with E-state index in [0.29, 0.717) is 18.4 Å². The lowest BCUT2D eigenvalue weighted by molar-refractivity contribution is -0.107. The van der Waals surface area contributed by atoms with Gasteiger partial charge in [-0.1, -0.05) is 24.3 Å². The van der Waals surface area contributed by atoms with Gasteiger partial charge in [-0.15, -0.1) is 0 Å². The zero-order valence-corrected chi connectivity index (χ0v) is 7.19. The Labute approximate surface area is 76.6 Å². The van der Waals surface area contributed by atoms with Crippen molar-refractivity contribution in [2.45, 2.75) is 13.0 Å². The summed E-state index contributed by atoms with van der Waals surface area (Å²) in [5.41, 5.74) is 6.93. The number of aldehydes is 1. The molecule has 68 valence electrons. The molecule has 0 aromatic heterocycles. The highest BCUT2D eigenvalue weighted by atomic mass is 16.1. The average molecular weight is 177 g/mol. The highest BCUT2D eigenvalue weighted by Gasteiger charge is 2.03. The maximum atomic E-state index is 11.2. The summed E-state index contributed by atoms with van der Waals surface area (Å²) in [5.74, 6) is -0.154. The van der Waals surface area contributed by atoms with E-state index in [0.717, 1.165) is 5.56 Å². The van der Waals surface area contributed by atoms with Crippen LogP contribution in [0.5, 0.6) is 0 Å². The Balaban J connectivity index is 2.79. The fourth-order valence-electron chi connectivity index (χ4n) is 1.02. The van der Waals surface area contributed by atoms with Gasteiger partial charge in [-0.05, 0) is 5.56 Å². The number of ketones is 1. The zero-order valence-electron chi connectivity index (χ0n) is 7.19. The van der Waals surface area contributed by atoms with Gasteiger partial charge in [-0.2, -0.15) is 0 Å². The third kappa shape index (κ3) is 2.49. The predicted molar refractivity (Wildman–Crippen MR) is 49.3 cm³/mol. The topological polar surface area (TPSA) is 60.2 Å². The molecular formula is C10H11NO2. The highest BCUT2D eigenvalue weighted by molar-refractivity contribution is 6.02. The van der Waals surface area contributed by atoms with Crippen molar-refractivity contribution in [3.8, 4) is 0 Å². The molecule has 0 fully saturated rings. The molecule has 1 aromatic rings. The maximum absolute atomic E-state index is 11.2. The summed E-state index contributed by atoms with van der Waals surface area (Å²) in [7, 11) is 0. The molecule has 0 saturated heterocycles. The molecular weight excluding hydrogens is 166 g/mol. The molecule has 0 amide bonds. The Morgan fingerprint density at radius 1 is 1.31 bits per heavy atom. The first-order valence-electron chi connectivity index (χ1n) is 4.03. The quantitative estimate of drug-likeness (QED) is 0.422. The summed E-state index contributed by atoms with van der Waals surface area (Å²) >= 11 is 0. The zero-order chi connectivity index (χ0) is 9.68. The molecule has 0 aliphatic carbocycles. The number of nitrogens with two attached hydrogens (primary N) is 1. The average Bonchev–Trinajstić information content (AvgIpc) is 2.18. The van der Waals surface area contributed by atoms with Crippen LogP contribution in [0.4, 0.5) is 0 Å². The molecule has 0 radical (unpaired) electrons. The van der Waals surface area contributed by atoms with Crippen LogP contribution in [0.3, 0.4) is 0 Å². The SMILES string of the molecule is NCc1ccc(C(=O)CC=O)cc1. The molecule has 1 aromatic carbocycles. The van der Waals surface area contributed by atoms with Crippen LogP contribution in [0, 0.1) is 0 Å². The monoisotopic (exact) mass is 177 g/mol. The Hall–Kier alpha value is -1.48. The third-order valence-electron chi connectivity index (χ3n) is 1.78. The second kappa shape index (κ2) is 4.52. The highest BCUT2D eigenvalue weighted by Crippen LogP contribution is 2.05. The van der Waals surface area contributed by atoms with Gasteiger partial charge in [-0.3, -0.25) is 4.79 Å². The van der Waals surface area contributed by atoms with Gasteiger partial charge in [0.1, 0.15) is 6.29 Å². The summed E-state index contributed by atoms with van der Waals surface area (Å²) in [5, 5.41) is 0. The lowest BCUT2D eigenvalue weighted by Gasteiger charge is -1.98. The van der Waals surface area contributed by atoms with Crippen LogP contribution in [0.2, 0.25) is 0 Å². The standard InChI is InChI=1S/C10H11NO2/c11-7-8-1-3-9(4-2-8)10(13)5-6-12/h1-4,6H,5,7,11H2. The minimum absolute atomic E-state index is 0.0536. The van der Waals surface area contributed by atoms with Crippen LogP contribution < -0.4 is 5.73 Å². The Morgan fingerprint density at radius 2 is 1.92 bits per heavy atom. The van der Waals surface area contributed by atoms with E-state index in [2.05, 4.69) is 0 Å². The van der Waals surface area contributed by atoms with Crippen molar-refractivity contribution in [2.24, 2.45) is 5.73 Å². The van der Waals surface area contributed by atoms with E-state index in [1.807, 2.05) is 0 Å². The van der Waals surface area contributed by atoms with Crippen molar-refractivity contribution >= 4 is 12.1 Å². The Kier molecular flexibility index (Phi) is 3.34. The normalized spacial score (nSPS) is 9.62. The molecule has 1 rings (SSSR count). The fraction of sp³-hybridized carbons (Fsp3) is 0.200. The minimum atomic E-state index is -0.154. The van der Waals surface area contributed by atoms with Crippen LogP contribution in [0.1, 0.15) is 22.3 Å². The van der Waals surface area contributed by atoms with Crippen LogP contribution in [0.25, 0.3) is 0 Å². The Bertz CT molecular complexity index is 303. The number of carbonyl (C=O) groups is 2. The molecule has 3 nitrogen and oxygen atoms in total. The van der Waals surface area contributed by atoms with Crippen molar-refractivity contribution in [2.75, 3.05) is 0 Å². The molecule has 2 N–H and O–H groups in total. The first-order valence-corrected chi connectivity index (χ1v) is 4.03. The molecule has 0 atom stereocenters. The molecule has 0 heterocycles. The van der Waals surface area contributed by atoms with Crippen LogP contribution in [0.15, 0.2) is 24.3 Å². The number of hydrogen-bond donors (Lipinski definition) is 1. The number of benzene rings is 1. The molecule has 0 spiro atoms.